The van der Waals surface area contributed by atoms with Gasteiger partial charge in [0.05, 0.1) is 0 Å². The number of aromatic nitrogens is 1. The Morgan fingerprint density at radius 3 is 2.60 bits per heavy atom. The van der Waals surface area contributed by atoms with Gasteiger partial charge in [0.25, 0.3) is 0 Å². The summed E-state index contributed by atoms with van der Waals surface area (Å²) in [5, 5.41) is 0. The van der Waals surface area contributed by atoms with Crippen LogP contribution in [0.3, 0.4) is 0 Å². The summed E-state index contributed by atoms with van der Waals surface area (Å²) >= 11 is 0. The highest BCUT2D eigenvalue weighted by Gasteiger charge is 1.86. The van der Waals surface area contributed by atoms with Crippen LogP contribution in [0.5, 0.6) is 0 Å². The van der Waals surface area contributed by atoms with E-state index in [-0.39, 0.29) is 12.4 Å². The Hall–Kier alpha value is -0.600. The average Bonchev–Trinajstić information content (AvgIpc) is 1.90. The molecule has 0 aliphatic carbocycles. The van der Waals surface area contributed by atoms with Gasteiger partial charge in [-0.15, -0.1) is 12.4 Å². The molecule has 0 radical (unpaired) electrons. The van der Waals surface area contributed by atoms with Crippen molar-refractivity contribution in [2.24, 2.45) is 5.73 Å². The van der Waals surface area contributed by atoms with Gasteiger partial charge >= 0.3 is 0 Å². The van der Waals surface area contributed by atoms with Gasteiger partial charge in [-0.3, -0.25) is 4.98 Å². The molecule has 0 spiro atoms. The molecular weight excluding hydrogens is 148 g/mol. The van der Waals surface area contributed by atoms with Crippen LogP contribution in [0.15, 0.2) is 18.3 Å². The molecule has 0 atom stereocenters. The Morgan fingerprint density at radius 1 is 1.50 bits per heavy atom. The fraction of sp³-hybridized carbons (Fsp3) is 0.286. The Kier molecular flexibility index (Phi) is 4.00. The fourth-order valence-corrected chi connectivity index (χ4v) is 0.619. The van der Waals surface area contributed by atoms with E-state index in [0.717, 1.165) is 11.3 Å². The summed E-state index contributed by atoms with van der Waals surface area (Å²) in [6.45, 7) is 2.54. The average molecular weight is 159 g/mol. The first kappa shape index (κ1) is 9.40. The third-order valence-corrected chi connectivity index (χ3v) is 1.21. The molecule has 3 heteroatoms. The van der Waals surface area contributed by atoms with Gasteiger partial charge in [-0.25, -0.2) is 0 Å². The number of rotatable bonds is 1. The van der Waals surface area contributed by atoms with E-state index < -0.39 is 0 Å². The van der Waals surface area contributed by atoms with Crippen LogP contribution in [0, 0.1) is 6.92 Å². The van der Waals surface area contributed by atoms with Gasteiger partial charge in [-0.05, 0) is 18.6 Å². The molecule has 0 bridgehead atoms. The molecular formula is C7H11ClN2. The molecule has 0 unspecified atom stereocenters. The van der Waals surface area contributed by atoms with Crippen LogP contribution in [-0.4, -0.2) is 4.98 Å². The van der Waals surface area contributed by atoms with Crippen LogP contribution in [0.25, 0.3) is 0 Å². The molecule has 1 heterocycles. The van der Waals surface area contributed by atoms with Crippen molar-refractivity contribution in [3.63, 3.8) is 0 Å². The molecule has 0 fully saturated rings. The Labute approximate surface area is 66.9 Å². The molecule has 1 rings (SSSR count). The lowest BCUT2D eigenvalue weighted by Crippen LogP contribution is -1.96. The lowest BCUT2D eigenvalue weighted by Gasteiger charge is -1.93. The Morgan fingerprint density at radius 2 is 2.20 bits per heavy atom. The third-order valence-electron chi connectivity index (χ3n) is 1.21. The second kappa shape index (κ2) is 4.25. The monoisotopic (exact) mass is 158 g/mol. The van der Waals surface area contributed by atoms with E-state index in [9.17, 15) is 0 Å². The quantitative estimate of drug-likeness (QED) is 0.669. The molecule has 0 aromatic carbocycles. The molecule has 1 aromatic heterocycles. The third kappa shape index (κ3) is 2.33. The summed E-state index contributed by atoms with van der Waals surface area (Å²) in [5.41, 5.74) is 7.48. The number of nitrogens with zero attached hydrogens (tertiary/aromatic N) is 1. The second-order valence-corrected chi connectivity index (χ2v) is 2.01. The van der Waals surface area contributed by atoms with Crippen molar-refractivity contribution in [1.82, 2.24) is 4.98 Å². The zero-order valence-electron chi connectivity index (χ0n) is 5.87. The van der Waals surface area contributed by atoms with Crippen molar-refractivity contribution in [3.05, 3.63) is 29.6 Å². The van der Waals surface area contributed by atoms with Gasteiger partial charge in [0.2, 0.25) is 0 Å². The normalized spacial score (nSPS) is 8.60. The lowest BCUT2D eigenvalue weighted by atomic mass is 10.2. The van der Waals surface area contributed by atoms with Crippen LogP contribution < -0.4 is 5.73 Å². The molecule has 1 aromatic rings. The molecule has 2 N–H and O–H groups in total. The number of aryl methyl sites for hydroxylation is 1. The number of hydrogen-bond acceptors (Lipinski definition) is 2. The maximum atomic E-state index is 5.36. The van der Waals surface area contributed by atoms with Crippen molar-refractivity contribution < 1.29 is 0 Å². The first-order chi connectivity index (χ1) is 4.33. The molecule has 0 aliphatic rings. The summed E-state index contributed by atoms with van der Waals surface area (Å²) in [4.78, 5) is 4.07. The van der Waals surface area contributed by atoms with Crippen molar-refractivity contribution in [2.45, 2.75) is 13.5 Å². The smallest absolute Gasteiger partial charge is 0.0372 e. The SMILES string of the molecule is Cc1ccc(CN)cn1.Cl. The molecule has 2 nitrogen and oxygen atoms in total. The maximum Gasteiger partial charge on any atom is 0.0372 e. The van der Waals surface area contributed by atoms with Gasteiger partial charge < -0.3 is 5.73 Å². The summed E-state index contributed by atoms with van der Waals surface area (Å²) in [6.07, 6.45) is 1.80. The highest BCUT2D eigenvalue weighted by atomic mass is 35.5. The molecule has 10 heavy (non-hydrogen) atoms. The predicted octanol–water partition coefficient (Wildman–Crippen LogP) is 1.27. The van der Waals surface area contributed by atoms with E-state index in [2.05, 4.69) is 4.98 Å². The Bertz CT molecular complexity index is 183. The predicted molar refractivity (Wildman–Crippen MR) is 44.1 cm³/mol. The van der Waals surface area contributed by atoms with E-state index >= 15 is 0 Å². The minimum Gasteiger partial charge on any atom is -0.326 e. The highest BCUT2D eigenvalue weighted by Crippen LogP contribution is 1.96. The summed E-state index contributed by atoms with van der Waals surface area (Å²) in [6, 6.07) is 3.95. The molecule has 0 saturated heterocycles. The van der Waals surface area contributed by atoms with Gasteiger partial charge in [-0.2, -0.15) is 0 Å². The van der Waals surface area contributed by atoms with Crippen molar-refractivity contribution in [3.8, 4) is 0 Å². The van der Waals surface area contributed by atoms with Crippen LogP contribution in [0.2, 0.25) is 0 Å². The van der Waals surface area contributed by atoms with Crippen molar-refractivity contribution >= 4 is 12.4 Å². The largest absolute Gasteiger partial charge is 0.326 e. The number of pyridine rings is 1. The Balaban J connectivity index is 0.000000810. The fourth-order valence-electron chi connectivity index (χ4n) is 0.619. The van der Waals surface area contributed by atoms with Crippen LogP contribution in [0.4, 0.5) is 0 Å². The van der Waals surface area contributed by atoms with Gasteiger partial charge in [-0.1, -0.05) is 6.07 Å². The second-order valence-electron chi connectivity index (χ2n) is 2.01. The molecule has 0 aliphatic heterocycles. The van der Waals surface area contributed by atoms with E-state index in [1.807, 2.05) is 19.1 Å². The summed E-state index contributed by atoms with van der Waals surface area (Å²) in [7, 11) is 0. The summed E-state index contributed by atoms with van der Waals surface area (Å²) in [5.74, 6) is 0. The minimum absolute atomic E-state index is 0. The zero-order chi connectivity index (χ0) is 6.69. The van der Waals surface area contributed by atoms with E-state index in [0.29, 0.717) is 6.54 Å². The van der Waals surface area contributed by atoms with Crippen LogP contribution in [0.1, 0.15) is 11.3 Å². The van der Waals surface area contributed by atoms with Crippen LogP contribution >= 0.6 is 12.4 Å². The van der Waals surface area contributed by atoms with E-state index in [1.165, 1.54) is 0 Å². The van der Waals surface area contributed by atoms with Gasteiger partial charge in [0, 0.05) is 18.4 Å². The highest BCUT2D eigenvalue weighted by molar-refractivity contribution is 5.85. The molecule has 56 valence electrons. The maximum absolute atomic E-state index is 5.36. The summed E-state index contributed by atoms with van der Waals surface area (Å²) < 4.78 is 0. The van der Waals surface area contributed by atoms with Crippen molar-refractivity contribution in [2.75, 3.05) is 0 Å². The van der Waals surface area contributed by atoms with Gasteiger partial charge in [0.1, 0.15) is 0 Å². The van der Waals surface area contributed by atoms with E-state index in [1.54, 1.807) is 6.20 Å². The van der Waals surface area contributed by atoms with E-state index in [4.69, 9.17) is 5.73 Å². The lowest BCUT2D eigenvalue weighted by molar-refractivity contribution is 1.03. The first-order valence-electron chi connectivity index (χ1n) is 2.94. The number of halogens is 1. The van der Waals surface area contributed by atoms with Crippen LogP contribution in [-0.2, 0) is 6.54 Å². The molecule has 0 amide bonds. The number of hydrogen-bond donors (Lipinski definition) is 1. The molecule has 0 saturated carbocycles. The topological polar surface area (TPSA) is 38.9 Å². The standard InChI is InChI=1S/C7H10N2.ClH/c1-6-2-3-7(4-8)5-9-6;/h2-3,5H,4,8H2,1H3;1H. The zero-order valence-corrected chi connectivity index (χ0v) is 6.69. The first-order valence-corrected chi connectivity index (χ1v) is 2.94. The minimum atomic E-state index is 0. The number of nitrogens with two attached hydrogens (primary N) is 1. The van der Waals surface area contributed by atoms with Gasteiger partial charge in [0.15, 0.2) is 0 Å². The van der Waals surface area contributed by atoms with Crippen molar-refractivity contribution in [1.29, 1.82) is 0 Å².